The number of hydrogen-bond donors (Lipinski definition) is 3. The quantitative estimate of drug-likeness (QED) is 0.0320. The van der Waals surface area contributed by atoms with Gasteiger partial charge in [0, 0.05) is 12.8 Å². The van der Waals surface area contributed by atoms with Crippen molar-refractivity contribution >= 4 is 11.9 Å². The fourth-order valence-corrected chi connectivity index (χ4v) is 11.9. The third-order valence-electron chi connectivity index (χ3n) is 17.5. The Bertz CT molecular complexity index is 1270. The number of carbonyl (C=O) groups is 2. The van der Waals surface area contributed by atoms with Crippen molar-refractivity contribution in [1.29, 1.82) is 0 Å². The largest absolute Gasteiger partial charge is 0.466 e. The van der Waals surface area contributed by atoms with Gasteiger partial charge in [0.05, 0.1) is 25.4 Å². The Hall–Kier alpha value is -1.66. The molecule has 0 bridgehead atoms. The van der Waals surface area contributed by atoms with Gasteiger partial charge >= 0.3 is 5.97 Å². The van der Waals surface area contributed by atoms with Crippen molar-refractivity contribution in [2.45, 2.75) is 431 Å². The first-order valence-corrected chi connectivity index (χ1v) is 37.1. The maximum absolute atomic E-state index is 12.5. The van der Waals surface area contributed by atoms with Crippen molar-refractivity contribution in [2.24, 2.45) is 0 Å². The van der Waals surface area contributed by atoms with Crippen molar-refractivity contribution in [3.8, 4) is 0 Å². The number of hydrogen-bond acceptors (Lipinski definition) is 5. The molecule has 0 radical (unpaired) electrons. The molecule has 2 atom stereocenters. The van der Waals surface area contributed by atoms with Gasteiger partial charge in [0.2, 0.25) is 5.91 Å². The number of unbranched alkanes of at least 4 members (excludes halogenated alkanes) is 55. The molecule has 6 nitrogen and oxygen atoms in total. The van der Waals surface area contributed by atoms with Gasteiger partial charge in [0.15, 0.2) is 0 Å². The molecule has 0 saturated heterocycles. The van der Waals surface area contributed by atoms with Crippen LogP contribution in [0.1, 0.15) is 418 Å². The molecular formula is C75H145NO5. The summed E-state index contributed by atoms with van der Waals surface area (Å²) in [7, 11) is 0. The normalized spacial score (nSPS) is 12.6. The SMILES string of the molecule is CCCCCCCCCCCCCCCCCCCCC(=O)OCCCCCCCCCCC/C=C\C/C=C\CCCCCCCCCCCCCCCC(=O)NC(CO)C(O)CCCCCCCCCCCCCCCCCCC. The molecule has 0 fully saturated rings. The van der Waals surface area contributed by atoms with Crippen LogP contribution in [0.3, 0.4) is 0 Å². The van der Waals surface area contributed by atoms with E-state index in [2.05, 4.69) is 43.5 Å². The molecule has 81 heavy (non-hydrogen) atoms. The minimum atomic E-state index is -0.665. The molecule has 3 N–H and O–H groups in total. The first-order chi connectivity index (χ1) is 40.0. The zero-order valence-corrected chi connectivity index (χ0v) is 55.0. The van der Waals surface area contributed by atoms with Crippen LogP contribution in [-0.2, 0) is 14.3 Å². The second-order valence-electron chi connectivity index (χ2n) is 25.6. The molecule has 6 heteroatoms. The molecule has 0 spiro atoms. The second-order valence-corrected chi connectivity index (χ2v) is 25.6. The molecule has 480 valence electrons. The Morgan fingerprint density at radius 1 is 0.346 bits per heavy atom. The van der Waals surface area contributed by atoms with E-state index in [1.807, 2.05) is 0 Å². The van der Waals surface area contributed by atoms with Crippen LogP contribution in [-0.4, -0.2) is 47.4 Å². The molecule has 0 aromatic carbocycles. The van der Waals surface area contributed by atoms with E-state index in [0.29, 0.717) is 25.9 Å². The maximum atomic E-state index is 12.5. The molecule has 2 unspecified atom stereocenters. The molecule has 0 saturated carbocycles. The van der Waals surface area contributed by atoms with Crippen LogP contribution in [0, 0.1) is 0 Å². The summed E-state index contributed by atoms with van der Waals surface area (Å²) in [6, 6.07) is -0.542. The van der Waals surface area contributed by atoms with Gasteiger partial charge < -0.3 is 20.3 Å². The predicted molar refractivity (Wildman–Crippen MR) is 356 cm³/mol. The zero-order valence-electron chi connectivity index (χ0n) is 55.0. The number of rotatable bonds is 70. The highest BCUT2D eigenvalue weighted by Gasteiger charge is 2.20. The highest BCUT2D eigenvalue weighted by Crippen LogP contribution is 2.19. The number of ether oxygens (including phenoxy) is 1. The second kappa shape index (κ2) is 70.8. The zero-order chi connectivity index (χ0) is 58.5. The molecule has 0 heterocycles. The summed E-state index contributed by atoms with van der Waals surface area (Å²) >= 11 is 0. The summed E-state index contributed by atoms with van der Waals surface area (Å²) in [6.45, 7) is 5.00. The van der Waals surface area contributed by atoms with Gasteiger partial charge in [0.25, 0.3) is 0 Å². The predicted octanol–water partition coefficient (Wildman–Crippen LogP) is 24.1. The van der Waals surface area contributed by atoms with E-state index in [4.69, 9.17) is 4.74 Å². The molecular weight excluding hydrogens is 995 g/mol. The van der Waals surface area contributed by atoms with Crippen LogP contribution in [0.15, 0.2) is 24.3 Å². The summed E-state index contributed by atoms with van der Waals surface area (Å²) < 4.78 is 5.51. The van der Waals surface area contributed by atoms with E-state index in [1.54, 1.807) is 0 Å². The number of nitrogens with one attached hydrogen (secondary N) is 1. The summed E-state index contributed by atoms with van der Waals surface area (Å²) in [5.41, 5.74) is 0. The lowest BCUT2D eigenvalue weighted by Crippen LogP contribution is -2.45. The van der Waals surface area contributed by atoms with Crippen molar-refractivity contribution in [1.82, 2.24) is 5.32 Å². The Kier molecular flexibility index (Phi) is 69.4. The van der Waals surface area contributed by atoms with Crippen LogP contribution in [0.25, 0.3) is 0 Å². The molecule has 1 amide bonds. The fraction of sp³-hybridized carbons (Fsp3) is 0.920. The minimum absolute atomic E-state index is 0.0173. The van der Waals surface area contributed by atoms with E-state index in [0.717, 1.165) is 44.9 Å². The standard InChI is InChI=1S/C75H145NO5/c1-3-5-7-9-11-13-15-17-19-21-37-41-45-49-53-57-61-65-69-75(80)81-70-66-62-58-54-50-46-42-38-34-32-30-28-26-24-22-23-25-27-29-31-33-36-40-44-48-52-56-60-64-68-74(79)76-72(71-77)73(78)67-63-59-55-51-47-43-39-35-20-18-16-14-12-10-8-6-4-2/h22,24,28,30,72-73,77-78H,3-21,23,25-27,29,31-71H2,1-2H3,(H,76,79)/b24-22-,30-28-. The molecule has 0 aromatic rings. The number of esters is 1. The third-order valence-corrected chi connectivity index (χ3v) is 17.5. The van der Waals surface area contributed by atoms with Gasteiger partial charge in [-0.25, -0.2) is 0 Å². The van der Waals surface area contributed by atoms with Crippen molar-refractivity contribution in [3.63, 3.8) is 0 Å². The Morgan fingerprint density at radius 2 is 0.617 bits per heavy atom. The summed E-state index contributed by atoms with van der Waals surface area (Å²) in [5, 5.41) is 23.4. The van der Waals surface area contributed by atoms with Gasteiger partial charge in [-0.1, -0.05) is 372 Å². The summed E-state index contributed by atoms with van der Waals surface area (Å²) in [5.74, 6) is -0.0149. The van der Waals surface area contributed by atoms with Crippen LogP contribution in [0.4, 0.5) is 0 Å². The highest BCUT2D eigenvalue weighted by atomic mass is 16.5. The van der Waals surface area contributed by atoms with Crippen LogP contribution in [0.2, 0.25) is 0 Å². The maximum Gasteiger partial charge on any atom is 0.305 e. The lowest BCUT2D eigenvalue weighted by atomic mass is 10.0. The van der Waals surface area contributed by atoms with Gasteiger partial charge in [-0.15, -0.1) is 0 Å². The van der Waals surface area contributed by atoms with Gasteiger partial charge in [-0.05, 0) is 57.8 Å². The van der Waals surface area contributed by atoms with Crippen LogP contribution >= 0.6 is 0 Å². The van der Waals surface area contributed by atoms with Gasteiger partial charge in [-0.2, -0.15) is 0 Å². The third kappa shape index (κ3) is 67.3. The Balaban J connectivity index is 3.38. The number of aliphatic hydroxyl groups is 2. The van der Waals surface area contributed by atoms with Crippen molar-refractivity contribution in [3.05, 3.63) is 24.3 Å². The van der Waals surface area contributed by atoms with E-state index >= 15 is 0 Å². The first kappa shape index (κ1) is 79.3. The average Bonchev–Trinajstić information content (AvgIpc) is 3.47. The van der Waals surface area contributed by atoms with Crippen LogP contribution in [0.5, 0.6) is 0 Å². The smallest absolute Gasteiger partial charge is 0.305 e. The minimum Gasteiger partial charge on any atom is -0.466 e. The molecule has 0 aliphatic heterocycles. The monoisotopic (exact) mass is 1140 g/mol. The topological polar surface area (TPSA) is 95.9 Å². The average molecular weight is 1140 g/mol. The van der Waals surface area contributed by atoms with Crippen molar-refractivity contribution < 1.29 is 24.5 Å². The fourth-order valence-electron chi connectivity index (χ4n) is 11.9. The Labute approximate surface area is 507 Å². The van der Waals surface area contributed by atoms with Gasteiger partial charge in [0.1, 0.15) is 0 Å². The number of carbonyl (C=O) groups excluding carboxylic acids is 2. The lowest BCUT2D eigenvalue weighted by molar-refractivity contribution is -0.143. The Morgan fingerprint density at radius 3 is 0.938 bits per heavy atom. The van der Waals surface area contributed by atoms with E-state index in [1.165, 1.54) is 340 Å². The molecule has 0 aromatic heterocycles. The lowest BCUT2D eigenvalue weighted by Gasteiger charge is -2.22. The van der Waals surface area contributed by atoms with E-state index < -0.39 is 12.1 Å². The highest BCUT2D eigenvalue weighted by molar-refractivity contribution is 5.76. The number of allylic oxidation sites excluding steroid dienone is 4. The molecule has 0 rings (SSSR count). The van der Waals surface area contributed by atoms with E-state index in [9.17, 15) is 19.8 Å². The molecule has 0 aliphatic carbocycles. The number of amides is 1. The van der Waals surface area contributed by atoms with E-state index in [-0.39, 0.29) is 18.5 Å². The summed E-state index contributed by atoms with van der Waals surface area (Å²) in [4.78, 5) is 24.6. The van der Waals surface area contributed by atoms with Crippen molar-refractivity contribution in [2.75, 3.05) is 13.2 Å². The first-order valence-electron chi connectivity index (χ1n) is 37.1. The summed E-state index contributed by atoms with van der Waals surface area (Å²) in [6.07, 6.45) is 89.5. The van der Waals surface area contributed by atoms with Crippen LogP contribution < -0.4 is 5.32 Å². The number of aliphatic hydroxyl groups excluding tert-OH is 2. The molecule has 0 aliphatic rings. The van der Waals surface area contributed by atoms with Gasteiger partial charge in [-0.3, -0.25) is 9.59 Å².